The van der Waals surface area contributed by atoms with Gasteiger partial charge in [0.05, 0.1) is 16.7 Å². The molecule has 1 fully saturated rings. The predicted molar refractivity (Wildman–Crippen MR) is 87.5 cm³/mol. The lowest BCUT2D eigenvalue weighted by Gasteiger charge is -2.39. The van der Waals surface area contributed by atoms with Crippen LogP contribution in [0.15, 0.2) is 0 Å². The molecule has 0 aliphatic carbocycles. The van der Waals surface area contributed by atoms with E-state index in [4.69, 9.17) is 0 Å². The Kier molecular flexibility index (Phi) is 5.38. The molecule has 4 nitrogen and oxygen atoms in total. The van der Waals surface area contributed by atoms with Crippen LogP contribution in [0.5, 0.6) is 0 Å². The van der Waals surface area contributed by atoms with E-state index < -0.39 is 0 Å². The van der Waals surface area contributed by atoms with Crippen LogP contribution in [0.4, 0.5) is 0 Å². The van der Waals surface area contributed by atoms with Crippen LogP contribution in [0, 0.1) is 12.8 Å². The highest BCUT2D eigenvalue weighted by Crippen LogP contribution is 2.23. The Hall–Kier alpha value is -0.940. The van der Waals surface area contributed by atoms with E-state index in [-0.39, 0.29) is 11.9 Å². The minimum Gasteiger partial charge on any atom is -0.340 e. The second kappa shape index (κ2) is 6.88. The van der Waals surface area contributed by atoms with Gasteiger partial charge in [-0.2, -0.15) is 0 Å². The third kappa shape index (κ3) is 3.83. The number of aryl methyl sites for hydroxylation is 2. The highest BCUT2D eigenvalue weighted by Gasteiger charge is 2.32. The van der Waals surface area contributed by atoms with Crippen LogP contribution in [-0.2, 0) is 17.8 Å². The number of rotatable bonds is 5. The van der Waals surface area contributed by atoms with Gasteiger partial charge in [0, 0.05) is 31.1 Å². The normalized spacial score (nSPS) is 20.6. The smallest absolute Gasteiger partial charge is 0.239 e. The summed E-state index contributed by atoms with van der Waals surface area (Å²) in [5, 5.41) is 1.12. The molecule has 0 saturated carbocycles. The van der Waals surface area contributed by atoms with Gasteiger partial charge in [-0.25, -0.2) is 4.98 Å². The fourth-order valence-corrected chi connectivity index (χ4v) is 3.96. The molecular formula is C16H27N3OS. The number of nitrogens with zero attached hydrogens (tertiary/aromatic N) is 3. The molecule has 0 aromatic carbocycles. The molecule has 1 atom stereocenters. The van der Waals surface area contributed by atoms with Gasteiger partial charge in [-0.05, 0) is 26.2 Å². The third-order valence-electron chi connectivity index (χ3n) is 4.03. The van der Waals surface area contributed by atoms with Crippen molar-refractivity contribution in [2.75, 3.05) is 19.6 Å². The fraction of sp³-hybridized carbons (Fsp3) is 0.750. The molecule has 0 radical (unpaired) electrons. The van der Waals surface area contributed by atoms with Crippen molar-refractivity contribution < 1.29 is 4.79 Å². The van der Waals surface area contributed by atoms with Crippen LogP contribution in [0.2, 0.25) is 0 Å². The Labute approximate surface area is 132 Å². The quantitative estimate of drug-likeness (QED) is 0.839. The van der Waals surface area contributed by atoms with Crippen molar-refractivity contribution in [1.82, 2.24) is 14.8 Å². The molecule has 5 heteroatoms. The first-order valence-electron chi connectivity index (χ1n) is 7.90. The molecule has 118 valence electrons. The van der Waals surface area contributed by atoms with Crippen molar-refractivity contribution in [3.05, 3.63) is 15.6 Å². The third-order valence-corrected chi connectivity index (χ3v) is 5.02. The SMILES string of the molecule is CCc1nc(C)sc1CN1CCN(CC(C)C)C(=O)[C@@H]1C. The lowest BCUT2D eigenvalue weighted by atomic mass is 10.1. The Morgan fingerprint density at radius 3 is 2.71 bits per heavy atom. The Morgan fingerprint density at radius 2 is 2.10 bits per heavy atom. The molecule has 0 bridgehead atoms. The van der Waals surface area contributed by atoms with Crippen LogP contribution in [0.25, 0.3) is 0 Å². The maximum absolute atomic E-state index is 12.5. The Balaban J connectivity index is 2.04. The van der Waals surface area contributed by atoms with E-state index in [9.17, 15) is 4.79 Å². The molecule has 2 heterocycles. The highest BCUT2D eigenvalue weighted by atomic mass is 32.1. The maximum atomic E-state index is 12.5. The number of carbonyl (C=O) groups excluding carboxylic acids is 1. The van der Waals surface area contributed by atoms with E-state index in [0.29, 0.717) is 5.92 Å². The van der Waals surface area contributed by atoms with Gasteiger partial charge in [0.1, 0.15) is 0 Å². The van der Waals surface area contributed by atoms with Gasteiger partial charge in [0.15, 0.2) is 0 Å². The zero-order chi connectivity index (χ0) is 15.6. The molecule has 0 N–H and O–H groups in total. The summed E-state index contributed by atoms with van der Waals surface area (Å²) in [6.07, 6.45) is 0.968. The summed E-state index contributed by atoms with van der Waals surface area (Å²) in [5.74, 6) is 0.803. The van der Waals surface area contributed by atoms with Crippen LogP contribution >= 0.6 is 11.3 Å². The molecule has 1 aliphatic rings. The van der Waals surface area contributed by atoms with Gasteiger partial charge in [-0.1, -0.05) is 20.8 Å². The van der Waals surface area contributed by atoms with Crippen LogP contribution in [0.3, 0.4) is 0 Å². The largest absolute Gasteiger partial charge is 0.340 e. The molecule has 1 aromatic heterocycles. The van der Waals surface area contributed by atoms with Crippen LogP contribution in [-0.4, -0.2) is 46.4 Å². The van der Waals surface area contributed by atoms with E-state index in [2.05, 4.69) is 37.6 Å². The zero-order valence-corrected chi connectivity index (χ0v) is 14.7. The number of carbonyl (C=O) groups is 1. The van der Waals surface area contributed by atoms with Crippen molar-refractivity contribution in [1.29, 1.82) is 0 Å². The van der Waals surface area contributed by atoms with Crippen molar-refractivity contribution in [3.8, 4) is 0 Å². The number of hydrogen-bond donors (Lipinski definition) is 0. The molecular weight excluding hydrogens is 282 g/mol. The summed E-state index contributed by atoms with van der Waals surface area (Å²) < 4.78 is 0. The van der Waals surface area contributed by atoms with Crippen molar-refractivity contribution in [2.45, 2.75) is 53.6 Å². The predicted octanol–water partition coefficient (Wildman–Crippen LogP) is 2.70. The molecule has 21 heavy (non-hydrogen) atoms. The van der Waals surface area contributed by atoms with Gasteiger partial charge in [0.2, 0.25) is 5.91 Å². The van der Waals surface area contributed by atoms with Gasteiger partial charge < -0.3 is 4.90 Å². The number of thiazole rings is 1. The zero-order valence-electron chi connectivity index (χ0n) is 13.8. The van der Waals surface area contributed by atoms with E-state index >= 15 is 0 Å². The van der Waals surface area contributed by atoms with Crippen molar-refractivity contribution in [3.63, 3.8) is 0 Å². The first-order valence-corrected chi connectivity index (χ1v) is 8.72. The van der Waals surface area contributed by atoms with Crippen molar-refractivity contribution in [2.24, 2.45) is 5.92 Å². The Bertz CT molecular complexity index is 498. The second-order valence-corrected chi connectivity index (χ2v) is 7.57. The van der Waals surface area contributed by atoms with E-state index in [0.717, 1.165) is 37.6 Å². The molecule has 1 amide bonds. The lowest BCUT2D eigenvalue weighted by Crippen LogP contribution is -2.56. The summed E-state index contributed by atoms with van der Waals surface area (Å²) in [5.41, 5.74) is 1.20. The summed E-state index contributed by atoms with van der Waals surface area (Å²) >= 11 is 1.77. The minimum absolute atomic E-state index is 0.0235. The van der Waals surface area contributed by atoms with E-state index in [1.54, 1.807) is 11.3 Å². The molecule has 0 spiro atoms. The first-order chi connectivity index (χ1) is 9.92. The molecule has 1 aliphatic heterocycles. The number of piperazine rings is 1. The highest BCUT2D eigenvalue weighted by molar-refractivity contribution is 7.11. The van der Waals surface area contributed by atoms with E-state index in [1.807, 2.05) is 11.8 Å². The van der Waals surface area contributed by atoms with Gasteiger partial charge in [0.25, 0.3) is 0 Å². The Morgan fingerprint density at radius 1 is 1.38 bits per heavy atom. The molecule has 0 unspecified atom stereocenters. The van der Waals surface area contributed by atoms with Gasteiger partial charge in [-0.3, -0.25) is 9.69 Å². The lowest BCUT2D eigenvalue weighted by molar-refractivity contribution is -0.141. The van der Waals surface area contributed by atoms with Crippen molar-refractivity contribution >= 4 is 17.2 Å². The molecule has 2 rings (SSSR count). The topological polar surface area (TPSA) is 36.4 Å². The van der Waals surface area contributed by atoms with Crippen LogP contribution in [0.1, 0.15) is 43.3 Å². The van der Waals surface area contributed by atoms with Gasteiger partial charge >= 0.3 is 0 Å². The fourth-order valence-electron chi connectivity index (χ4n) is 2.91. The standard InChI is InChI=1S/C16H27N3OS/c1-6-14-15(21-13(5)17-14)10-18-7-8-19(9-11(2)3)16(20)12(18)4/h11-12H,6-10H2,1-5H3/t12-/m0/s1. The monoisotopic (exact) mass is 309 g/mol. The maximum Gasteiger partial charge on any atom is 0.239 e. The number of amides is 1. The summed E-state index contributed by atoms with van der Waals surface area (Å²) in [6.45, 7) is 14.1. The van der Waals surface area contributed by atoms with E-state index in [1.165, 1.54) is 10.6 Å². The number of aromatic nitrogens is 1. The number of hydrogen-bond acceptors (Lipinski definition) is 4. The first kappa shape index (κ1) is 16.4. The van der Waals surface area contributed by atoms with Crippen LogP contribution < -0.4 is 0 Å². The minimum atomic E-state index is -0.0235. The summed E-state index contributed by atoms with van der Waals surface area (Å²) in [6, 6.07) is -0.0235. The van der Waals surface area contributed by atoms with Gasteiger partial charge in [-0.15, -0.1) is 11.3 Å². The summed E-state index contributed by atoms with van der Waals surface area (Å²) in [4.78, 5) is 22.7. The second-order valence-electron chi connectivity index (χ2n) is 6.28. The average molecular weight is 309 g/mol. The summed E-state index contributed by atoms with van der Waals surface area (Å²) in [7, 11) is 0. The molecule has 1 saturated heterocycles. The molecule has 1 aromatic rings. The average Bonchev–Trinajstić information content (AvgIpc) is 2.78.